The molecule has 0 aliphatic rings. The van der Waals surface area contributed by atoms with Crippen LogP contribution in [-0.2, 0) is 22.8 Å². The van der Waals surface area contributed by atoms with Gasteiger partial charge in [0.05, 0.1) is 12.3 Å². The second-order valence-corrected chi connectivity index (χ2v) is 7.84. The SMILES string of the molecule is CCc1cnc(CNC(=NC)NCCS(=O)(=O)CC)s1. The summed E-state index contributed by atoms with van der Waals surface area (Å²) in [4.78, 5) is 9.60. The first kappa shape index (κ1) is 16.9. The van der Waals surface area contributed by atoms with Crippen molar-refractivity contribution in [1.29, 1.82) is 0 Å². The molecule has 1 rings (SSSR count). The molecule has 1 aromatic heterocycles. The molecule has 20 heavy (non-hydrogen) atoms. The fraction of sp³-hybridized carbons (Fsp3) is 0.667. The summed E-state index contributed by atoms with van der Waals surface area (Å²) < 4.78 is 22.8. The zero-order valence-corrected chi connectivity index (χ0v) is 13.8. The van der Waals surface area contributed by atoms with Crippen LogP contribution in [0.1, 0.15) is 23.7 Å². The molecule has 6 nitrogen and oxygen atoms in total. The van der Waals surface area contributed by atoms with Crippen molar-refractivity contribution in [1.82, 2.24) is 15.6 Å². The van der Waals surface area contributed by atoms with Crippen molar-refractivity contribution in [3.63, 3.8) is 0 Å². The lowest BCUT2D eigenvalue weighted by atomic mass is 10.4. The lowest BCUT2D eigenvalue weighted by molar-refractivity contribution is 0.595. The van der Waals surface area contributed by atoms with Crippen molar-refractivity contribution in [2.45, 2.75) is 26.8 Å². The van der Waals surface area contributed by atoms with Gasteiger partial charge < -0.3 is 10.6 Å². The van der Waals surface area contributed by atoms with Gasteiger partial charge in [-0.3, -0.25) is 4.99 Å². The van der Waals surface area contributed by atoms with Gasteiger partial charge in [-0.05, 0) is 6.42 Å². The Bertz CT molecular complexity index is 537. The third kappa shape index (κ3) is 5.87. The molecular weight excluding hydrogens is 296 g/mol. The Morgan fingerprint density at radius 1 is 1.40 bits per heavy atom. The fourth-order valence-corrected chi connectivity index (χ4v) is 2.95. The molecule has 0 aliphatic carbocycles. The van der Waals surface area contributed by atoms with Crippen molar-refractivity contribution >= 4 is 27.1 Å². The Kier molecular flexibility index (Phi) is 6.94. The lowest BCUT2D eigenvalue weighted by Crippen LogP contribution is -2.39. The van der Waals surface area contributed by atoms with E-state index in [1.54, 1.807) is 25.3 Å². The Balaban J connectivity index is 2.37. The summed E-state index contributed by atoms with van der Waals surface area (Å²) in [5, 5.41) is 7.10. The number of guanidine groups is 1. The van der Waals surface area contributed by atoms with Gasteiger partial charge in [0.2, 0.25) is 0 Å². The molecule has 0 atom stereocenters. The predicted molar refractivity (Wildman–Crippen MR) is 84.0 cm³/mol. The number of hydrogen-bond donors (Lipinski definition) is 2. The van der Waals surface area contributed by atoms with Gasteiger partial charge in [0.1, 0.15) is 5.01 Å². The molecule has 0 radical (unpaired) electrons. The van der Waals surface area contributed by atoms with Crippen LogP contribution in [0.3, 0.4) is 0 Å². The third-order valence-corrected chi connectivity index (χ3v) is 5.57. The summed E-state index contributed by atoms with van der Waals surface area (Å²) in [6.45, 7) is 4.69. The maximum Gasteiger partial charge on any atom is 0.191 e. The average molecular weight is 318 g/mol. The zero-order chi connectivity index (χ0) is 15.0. The summed E-state index contributed by atoms with van der Waals surface area (Å²) in [6.07, 6.45) is 2.87. The van der Waals surface area contributed by atoms with E-state index in [2.05, 4.69) is 27.5 Å². The highest BCUT2D eigenvalue weighted by atomic mass is 32.2. The number of aromatic nitrogens is 1. The smallest absolute Gasteiger partial charge is 0.191 e. The van der Waals surface area contributed by atoms with Crippen LogP contribution in [0.25, 0.3) is 0 Å². The molecule has 114 valence electrons. The summed E-state index contributed by atoms with van der Waals surface area (Å²) in [7, 11) is -1.29. The van der Waals surface area contributed by atoms with Gasteiger partial charge in [0.15, 0.2) is 15.8 Å². The number of thiazole rings is 1. The van der Waals surface area contributed by atoms with E-state index in [-0.39, 0.29) is 11.5 Å². The molecule has 1 aromatic rings. The van der Waals surface area contributed by atoms with Gasteiger partial charge in [-0.25, -0.2) is 13.4 Å². The standard InChI is InChI=1S/C12H22N4O2S2/c1-4-10-8-15-11(19-10)9-16-12(13-3)14-6-7-20(17,18)5-2/h8H,4-7,9H2,1-3H3,(H2,13,14,16). The second kappa shape index (κ2) is 8.21. The number of nitrogens with one attached hydrogen (secondary N) is 2. The topological polar surface area (TPSA) is 83.4 Å². The van der Waals surface area contributed by atoms with Crippen LogP contribution in [0, 0.1) is 0 Å². The Morgan fingerprint density at radius 2 is 2.15 bits per heavy atom. The summed E-state index contributed by atoms with van der Waals surface area (Å²) in [6, 6.07) is 0. The van der Waals surface area contributed by atoms with E-state index < -0.39 is 9.84 Å². The summed E-state index contributed by atoms with van der Waals surface area (Å²) in [5.74, 6) is 0.866. The minimum atomic E-state index is -2.95. The molecule has 0 unspecified atom stereocenters. The monoisotopic (exact) mass is 318 g/mol. The Hall–Kier alpha value is -1.15. The number of sulfone groups is 1. The Morgan fingerprint density at radius 3 is 2.70 bits per heavy atom. The van der Waals surface area contributed by atoms with Crippen LogP contribution in [0.4, 0.5) is 0 Å². The molecule has 0 aliphatic heterocycles. The lowest BCUT2D eigenvalue weighted by Gasteiger charge is -2.10. The first-order valence-electron chi connectivity index (χ1n) is 6.59. The van der Waals surface area contributed by atoms with Crippen LogP contribution in [-0.4, -0.2) is 44.5 Å². The maximum atomic E-state index is 11.4. The van der Waals surface area contributed by atoms with E-state index >= 15 is 0 Å². The third-order valence-electron chi connectivity index (χ3n) is 2.73. The molecule has 2 N–H and O–H groups in total. The van der Waals surface area contributed by atoms with Gasteiger partial charge >= 0.3 is 0 Å². The number of aliphatic imine (C=N–C) groups is 1. The molecule has 8 heteroatoms. The molecule has 0 amide bonds. The van der Waals surface area contributed by atoms with E-state index in [4.69, 9.17) is 0 Å². The van der Waals surface area contributed by atoms with Crippen LogP contribution < -0.4 is 10.6 Å². The number of nitrogens with zero attached hydrogens (tertiary/aromatic N) is 2. The number of aryl methyl sites for hydroxylation is 1. The van der Waals surface area contributed by atoms with Crippen molar-refractivity contribution in [2.75, 3.05) is 25.1 Å². The van der Waals surface area contributed by atoms with Crippen molar-refractivity contribution < 1.29 is 8.42 Å². The van der Waals surface area contributed by atoms with Crippen LogP contribution in [0.2, 0.25) is 0 Å². The van der Waals surface area contributed by atoms with Crippen LogP contribution in [0.5, 0.6) is 0 Å². The molecule has 0 spiro atoms. The quantitative estimate of drug-likeness (QED) is 0.574. The molecule has 0 bridgehead atoms. The Labute approximate surface area is 124 Å². The highest BCUT2D eigenvalue weighted by molar-refractivity contribution is 7.91. The highest BCUT2D eigenvalue weighted by Gasteiger charge is 2.07. The number of hydrogen-bond acceptors (Lipinski definition) is 5. The summed E-state index contributed by atoms with van der Waals surface area (Å²) in [5.41, 5.74) is 0. The molecule has 0 aromatic carbocycles. The van der Waals surface area contributed by atoms with Crippen LogP contribution in [0.15, 0.2) is 11.2 Å². The van der Waals surface area contributed by atoms with Crippen molar-refractivity contribution in [3.05, 3.63) is 16.1 Å². The van der Waals surface area contributed by atoms with Crippen molar-refractivity contribution in [2.24, 2.45) is 4.99 Å². The zero-order valence-electron chi connectivity index (χ0n) is 12.1. The minimum absolute atomic E-state index is 0.113. The minimum Gasteiger partial charge on any atom is -0.355 e. The second-order valence-electron chi connectivity index (χ2n) is 4.16. The number of rotatable bonds is 7. The molecule has 0 saturated heterocycles. The van der Waals surface area contributed by atoms with Gasteiger partial charge in [0.25, 0.3) is 0 Å². The predicted octanol–water partition coefficient (Wildman–Crippen LogP) is 0.805. The van der Waals surface area contributed by atoms with Gasteiger partial charge in [0, 0.05) is 30.4 Å². The first-order chi connectivity index (χ1) is 9.50. The van der Waals surface area contributed by atoms with E-state index in [0.717, 1.165) is 11.4 Å². The van der Waals surface area contributed by atoms with Gasteiger partial charge in [-0.2, -0.15) is 0 Å². The van der Waals surface area contributed by atoms with Crippen LogP contribution >= 0.6 is 11.3 Å². The van der Waals surface area contributed by atoms with E-state index in [0.29, 0.717) is 19.0 Å². The molecule has 0 fully saturated rings. The van der Waals surface area contributed by atoms with Gasteiger partial charge in [-0.1, -0.05) is 13.8 Å². The largest absolute Gasteiger partial charge is 0.355 e. The summed E-state index contributed by atoms with van der Waals surface area (Å²) >= 11 is 1.66. The van der Waals surface area contributed by atoms with E-state index in [1.165, 1.54) is 4.88 Å². The molecular formula is C12H22N4O2S2. The highest BCUT2D eigenvalue weighted by Crippen LogP contribution is 2.12. The normalized spacial score (nSPS) is 12.4. The van der Waals surface area contributed by atoms with E-state index in [1.807, 2.05) is 6.20 Å². The van der Waals surface area contributed by atoms with Gasteiger partial charge in [-0.15, -0.1) is 11.3 Å². The van der Waals surface area contributed by atoms with E-state index in [9.17, 15) is 8.42 Å². The molecule has 0 saturated carbocycles. The first-order valence-corrected chi connectivity index (χ1v) is 9.23. The average Bonchev–Trinajstić information content (AvgIpc) is 2.90. The maximum absolute atomic E-state index is 11.4. The molecule has 1 heterocycles. The fourth-order valence-electron chi connectivity index (χ4n) is 1.44. The van der Waals surface area contributed by atoms with Crippen molar-refractivity contribution in [3.8, 4) is 0 Å².